The van der Waals surface area contributed by atoms with E-state index >= 15 is 0 Å². The number of hydrogen-bond donors (Lipinski definition) is 2. The number of aromatic nitrogens is 1. The van der Waals surface area contributed by atoms with E-state index in [9.17, 15) is 4.79 Å². The number of carbonyl (C=O) groups excluding carboxylic acids is 1. The van der Waals surface area contributed by atoms with Crippen LogP contribution in [0.5, 0.6) is 0 Å². The SMILES string of the molecule is CCCCCO.Cc1nc2c(C(=O)NC3CCCCC3)cccc2o1.[HH]. The Labute approximate surface area is 151 Å². The summed E-state index contributed by atoms with van der Waals surface area (Å²) in [7, 11) is 0. The summed E-state index contributed by atoms with van der Waals surface area (Å²) >= 11 is 0. The summed E-state index contributed by atoms with van der Waals surface area (Å²) in [5.41, 5.74) is 1.95. The molecule has 25 heavy (non-hydrogen) atoms. The van der Waals surface area contributed by atoms with Gasteiger partial charge in [-0.3, -0.25) is 4.79 Å². The minimum absolute atomic E-state index is 0. The molecule has 0 aliphatic heterocycles. The standard InChI is InChI=1S/C15H18N2O2.C5H12O.H2/c1-10-16-14-12(8-5-9-13(14)19-10)15(18)17-11-6-3-2-4-7-11;1-2-3-4-5-6;/h5,8-9,11H,2-4,6-7H2,1H3,(H,17,18);6H,2-5H2,1H3;1H. The number of nitrogens with one attached hydrogen (secondary N) is 1. The molecule has 1 aromatic heterocycles. The first kappa shape index (κ1) is 19.4. The fourth-order valence-corrected chi connectivity index (χ4v) is 3.11. The van der Waals surface area contributed by atoms with Gasteiger partial charge >= 0.3 is 0 Å². The third kappa shape index (κ3) is 5.85. The maximum Gasteiger partial charge on any atom is 0.253 e. The van der Waals surface area contributed by atoms with Crippen molar-refractivity contribution in [1.29, 1.82) is 0 Å². The van der Waals surface area contributed by atoms with Gasteiger partial charge in [0.2, 0.25) is 0 Å². The van der Waals surface area contributed by atoms with Gasteiger partial charge in [-0.1, -0.05) is 45.1 Å². The second kappa shape index (κ2) is 10.2. The Morgan fingerprint density at radius 2 is 2.08 bits per heavy atom. The van der Waals surface area contributed by atoms with Gasteiger partial charge in [-0.25, -0.2) is 4.98 Å². The van der Waals surface area contributed by atoms with Crippen molar-refractivity contribution < 1.29 is 15.7 Å². The fourth-order valence-electron chi connectivity index (χ4n) is 3.11. The first-order valence-corrected chi connectivity index (χ1v) is 9.43. The first-order chi connectivity index (χ1) is 12.2. The van der Waals surface area contributed by atoms with E-state index < -0.39 is 0 Å². The van der Waals surface area contributed by atoms with Crippen molar-refractivity contribution in [2.75, 3.05) is 6.61 Å². The maximum atomic E-state index is 12.3. The number of rotatable bonds is 5. The number of aryl methyl sites for hydroxylation is 1. The number of nitrogens with zero attached hydrogens (tertiary/aromatic N) is 1. The summed E-state index contributed by atoms with van der Waals surface area (Å²) in [6.07, 6.45) is 9.19. The van der Waals surface area contributed by atoms with Gasteiger partial charge in [0.05, 0.1) is 5.56 Å². The zero-order valence-corrected chi connectivity index (χ0v) is 15.4. The molecule has 1 heterocycles. The van der Waals surface area contributed by atoms with E-state index in [-0.39, 0.29) is 7.33 Å². The van der Waals surface area contributed by atoms with Crippen LogP contribution < -0.4 is 5.32 Å². The lowest BCUT2D eigenvalue weighted by Crippen LogP contribution is -2.36. The minimum Gasteiger partial charge on any atom is -0.441 e. The molecule has 1 aliphatic carbocycles. The van der Waals surface area contributed by atoms with Crippen LogP contribution in [0.4, 0.5) is 0 Å². The Morgan fingerprint density at radius 3 is 2.72 bits per heavy atom. The van der Waals surface area contributed by atoms with Crippen LogP contribution in [0.2, 0.25) is 0 Å². The molecule has 3 rings (SSSR count). The monoisotopic (exact) mass is 348 g/mol. The van der Waals surface area contributed by atoms with E-state index in [1.54, 1.807) is 6.92 Å². The molecule has 2 aromatic rings. The molecule has 140 valence electrons. The topological polar surface area (TPSA) is 75.4 Å². The molecule has 0 radical (unpaired) electrons. The van der Waals surface area contributed by atoms with E-state index in [0.717, 1.165) is 25.7 Å². The summed E-state index contributed by atoms with van der Waals surface area (Å²) in [4.78, 5) is 16.6. The highest BCUT2D eigenvalue weighted by molar-refractivity contribution is 6.04. The van der Waals surface area contributed by atoms with Crippen LogP contribution in [0.3, 0.4) is 0 Å². The third-order valence-corrected chi connectivity index (χ3v) is 4.47. The van der Waals surface area contributed by atoms with Crippen molar-refractivity contribution >= 4 is 17.0 Å². The second-order valence-electron chi connectivity index (χ2n) is 6.62. The lowest BCUT2D eigenvalue weighted by molar-refractivity contribution is 0.0929. The predicted molar refractivity (Wildman–Crippen MR) is 102 cm³/mol. The number of oxazole rings is 1. The van der Waals surface area contributed by atoms with Gasteiger partial charge in [-0.2, -0.15) is 0 Å². The van der Waals surface area contributed by atoms with Gasteiger partial charge in [-0.05, 0) is 31.4 Å². The van der Waals surface area contributed by atoms with Crippen molar-refractivity contribution in [1.82, 2.24) is 10.3 Å². The zero-order chi connectivity index (χ0) is 18.1. The number of para-hydroxylation sites is 1. The van der Waals surface area contributed by atoms with Gasteiger partial charge in [0.1, 0.15) is 5.52 Å². The van der Waals surface area contributed by atoms with Gasteiger partial charge in [0, 0.05) is 21.0 Å². The van der Waals surface area contributed by atoms with E-state index in [4.69, 9.17) is 9.52 Å². The first-order valence-electron chi connectivity index (χ1n) is 9.43. The lowest BCUT2D eigenvalue weighted by atomic mass is 9.95. The molecule has 0 unspecified atom stereocenters. The molecule has 0 saturated heterocycles. The molecule has 5 heteroatoms. The van der Waals surface area contributed by atoms with Crippen LogP contribution >= 0.6 is 0 Å². The summed E-state index contributed by atoms with van der Waals surface area (Å²) in [6, 6.07) is 5.79. The largest absolute Gasteiger partial charge is 0.441 e. The summed E-state index contributed by atoms with van der Waals surface area (Å²) in [5, 5.41) is 11.3. The molecule has 5 nitrogen and oxygen atoms in total. The Kier molecular flexibility index (Phi) is 7.92. The van der Waals surface area contributed by atoms with Crippen LogP contribution in [0.25, 0.3) is 11.1 Å². The number of aliphatic hydroxyl groups excluding tert-OH is 1. The summed E-state index contributed by atoms with van der Waals surface area (Å²) in [6.45, 7) is 4.27. The summed E-state index contributed by atoms with van der Waals surface area (Å²) in [5.74, 6) is 0.554. The highest BCUT2D eigenvalue weighted by Gasteiger charge is 2.19. The van der Waals surface area contributed by atoms with Gasteiger partial charge in [-0.15, -0.1) is 0 Å². The van der Waals surface area contributed by atoms with E-state index in [1.165, 1.54) is 25.7 Å². The molecule has 1 saturated carbocycles. The molecule has 1 amide bonds. The minimum atomic E-state index is -0.0363. The van der Waals surface area contributed by atoms with E-state index in [2.05, 4.69) is 17.2 Å². The lowest BCUT2D eigenvalue weighted by Gasteiger charge is -2.22. The summed E-state index contributed by atoms with van der Waals surface area (Å²) < 4.78 is 5.46. The Balaban J connectivity index is 0.000000422. The van der Waals surface area contributed by atoms with Crippen molar-refractivity contribution in [3.63, 3.8) is 0 Å². The van der Waals surface area contributed by atoms with Crippen LogP contribution in [-0.2, 0) is 0 Å². The average Bonchev–Trinajstić information content (AvgIpc) is 3.01. The highest BCUT2D eigenvalue weighted by Crippen LogP contribution is 2.21. The molecule has 0 atom stereocenters. The van der Waals surface area contributed by atoms with Crippen LogP contribution in [0.15, 0.2) is 22.6 Å². The van der Waals surface area contributed by atoms with Crippen molar-refractivity contribution in [2.45, 2.75) is 71.3 Å². The smallest absolute Gasteiger partial charge is 0.253 e. The molecule has 1 fully saturated rings. The number of aliphatic hydroxyl groups is 1. The Morgan fingerprint density at radius 1 is 1.32 bits per heavy atom. The molecule has 2 N–H and O–H groups in total. The molecule has 0 bridgehead atoms. The van der Waals surface area contributed by atoms with Crippen molar-refractivity contribution in [2.24, 2.45) is 0 Å². The normalized spacial score (nSPS) is 14.8. The zero-order valence-electron chi connectivity index (χ0n) is 15.4. The maximum absolute atomic E-state index is 12.3. The van der Waals surface area contributed by atoms with Crippen LogP contribution in [0, 0.1) is 6.92 Å². The number of amides is 1. The Hall–Kier alpha value is -1.88. The van der Waals surface area contributed by atoms with E-state index in [0.29, 0.717) is 35.2 Å². The molecule has 1 aromatic carbocycles. The third-order valence-electron chi connectivity index (χ3n) is 4.47. The number of carbonyl (C=O) groups is 1. The highest BCUT2D eigenvalue weighted by atomic mass is 16.3. The Bertz CT molecular complexity index is 662. The average molecular weight is 348 g/mol. The number of hydrogen-bond acceptors (Lipinski definition) is 4. The molecule has 1 aliphatic rings. The number of benzene rings is 1. The van der Waals surface area contributed by atoms with Crippen LogP contribution in [-0.4, -0.2) is 28.6 Å². The van der Waals surface area contributed by atoms with Crippen molar-refractivity contribution in [3.05, 3.63) is 29.7 Å². The number of unbranched alkanes of at least 4 members (excludes halogenated alkanes) is 2. The number of fused-ring (bicyclic) bond motifs is 1. The van der Waals surface area contributed by atoms with E-state index in [1.807, 2.05) is 18.2 Å². The molecular formula is C20H32N2O3. The van der Waals surface area contributed by atoms with Gasteiger partial charge < -0.3 is 14.8 Å². The molecule has 0 spiro atoms. The second-order valence-corrected chi connectivity index (χ2v) is 6.62. The van der Waals surface area contributed by atoms with Crippen LogP contribution in [0.1, 0.15) is 76.0 Å². The van der Waals surface area contributed by atoms with Gasteiger partial charge in [0.25, 0.3) is 5.91 Å². The quantitative estimate of drug-likeness (QED) is 0.774. The fraction of sp³-hybridized carbons (Fsp3) is 0.600. The molecular weight excluding hydrogens is 316 g/mol. The van der Waals surface area contributed by atoms with Crippen molar-refractivity contribution in [3.8, 4) is 0 Å². The van der Waals surface area contributed by atoms with Gasteiger partial charge in [0.15, 0.2) is 11.5 Å². The predicted octanol–water partition coefficient (Wildman–Crippen LogP) is 4.61.